The van der Waals surface area contributed by atoms with Gasteiger partial charge in [0.15, 0.2) is 23.3 Å². The molecule has 0 spiro atoms. The molecule has 2 rings (SSSR count). The van der Waals surface area contributed by atoms with Gasteiger partial charge in [0.1, 0.15) is 23.8 Å². The van der Waals surface area contributed by atoms with Crippen LogP contribution in [-0.4, -0.2) is 31.9 Å². The highest BCUT2D eigenvalue weighted by Gasteiger charge is 2.15. The summed E-state index contributed by atoms with van der Waals surface area (Å²) in [7, 11) is 2.36. The van der Waals surface area contributed by atoms with E-state index in [-0.39, 0.29) is 24.0 Å². The number of carbonyl (C=O) groups is 3. The van der Waals surface area contributed by atoms with E-state index in [9.17, 15) is 40.7 Å². The van der Waals surface area contributed by atoms with E-state index >= 15 is 0 Å². The molecule has 0 aliphatic carbocycles. The molecule has 0 heterocycles. The summed E-state index contributed by atoms with van der Waals surface area (Å²) >= 11 is 0. The van der Waals surface area contributed by atoms with Gasteiger partial charge in [-0.15, -0.1) is 0 Å². The Morgan fingerprint density at radius 3 is 1.64 bits per heavy atom. The maximum Gasteiger partial charge on any atom is 0.313 e. The number of esters is 2. The second kappa shape index (κ2) is 13.2. The van der Waals surface area contributed by atoms with Gasteiger partial charge in [-0.05, 0) is 36.1 Å². The summed E-state index contributed by atoms with van der Waals surface area (Å²) in [5, 5.41) is 0. The van der Waals surface area contributed by atoms with Crippen LogP contribution in [0, 0.1) is 34.9 Å². The summed E-state index contributed by atoms with van der Waals surface area (Å²) < 4.78 is 85.6. The van der Waals surface area contributed by atoms with E-state index < -0.39 is 65.5 Å². The number of methoxy groups -OCH3 is 2. The lowest BCUT2D eigenvalue weighted by atomic mass is 10.1. The average Bonchev–Trinajstić information content (AvgIpc) is 2.75. The highest BCUT2D eigenvalue weighted by molar-refractivity contribution is 5.96. The minimum absolute atomic E-state index is 0.0582. The van der Waals surface area contributed by atoms with Crippen molar-refractivity contribution in [2.24, 2.45) is 0 Å². The van der Waals surface area contributed by atoms with E-state index in [1.54, 1.807) is 0 Å². The zero-order chi connectivity index (χ0) is 25.1. The van der Waals surface area contributed by atoms with Gasteiger partial charge in [-0.1, -0.05) is 0 Å². The number of rotatable bonds is 8. The third-order valence-electron chi connectivity index (χ3n) is 4.19. The van der Waals surface area contributed by atoms with Gasteiger partial charge < -0.3 is 9.47 Å². The summed E-state index contributed by atoms with van der Waals surface area (Å²) in [5.74, 6) is -8.52. The fourth-order valence-electron chi connectivity index (χ4n) is 2.49. The SMILES string of the molecule is COC(=O)CC(=O)Cc1cc(F)c(F)cc1F.COC(=O)CCCc1cc(F)c(F)cc1F. The van der Waals surface area contributed by atoms with Crippen LogP contribution in [0.5, 0.6) is 0 Å². The molecule has 0 aliphatic heterocycles. The Bertz CT molecular complexity index is 1010. The minimum atomic E-state index is -1.33. The van der Waals surface area contributed by atoms with Crippen LogP contribution in [0.4, 0.5) is 26.3 Å². The molecule has 0 aliphatic rings. The standard InChI is InChI=1S/C11H9F3O3.C11H11F3O2/c1-17-11(16)4-7(15)2-6-3-9(13)10(14)5-8(6)12;1-16-11(15)4-2-3-7-5-9(13)10(14)6-8(7)12/h3,5H,2,4H2,1H3;5-6H,2-4H2,1H3. The maximum atomic E-state index is 13.1. The number of aryl methyl sites for hydroxylation is 1. The van der Waals surface area contributed by atoms with E-state index in [0.717, 1.165) is 13.2 Å². The molecule has 0 aromatic heterocycles. The molecule has 11 heteroatoms. The second-order valence-electron chi connectivity index (χ2n) is 6.61. The van der Waals surface area contributed by atoms with Crippen LogP contribution in [-0.2, 0) is 36.7 Å². The van der Waals surface area contributed by atoms with Crippen LogP contribution in [0.2, 0.25) is 0 Å². The number of Topliss-reactive ketones (excluding diaryl/α,β-unsaturated/α-hetero) is 1. The lowest BCUT2D eigenvalue weighted by molar-refractivity contribution is -0.143. The van der Waals surface area contributed by atoms with Crippen LogP contribution in [0.25, 0.3) is 0 Å². The number of carbonyl (C=O) groups excluding carboxylic acids is 3. The van der Waals surface area contributed by atoms with E-state index in [1.807, 2.05) is 0 Å². The van der Waals surface area contributed by atoms with Crippen LogP contribution in [0.15, 0.2) is 24.3 Å². The summed E-state index contributed by atoms with van der Waals surface area (Å²) in [4.78, 5) is 32.8. The Hall–Kier alpha value is -3.37. The largest absolute Gasteiger partial charge is 0.469 e. The van der Waals surface area contributed by atoms with E-state index in [1.165, 1.54) is 7.11 Å². The Morgan fingerprint density at radius 2 is 1.12 bits per heavy atom. The molecule has 0 saturated carbocycles. The van der Waals surface area contributed by atoms with E-state index in [4.69, 9.17) is 0 Å². The van der Waals surface area contributed by atoms with Crippen molar-refractivity contribution in [2.45, 2.75) is 32.1 Å². The second-order valence-corrected chi connectivity index (χ2v) is 6.61. The van der Waals surface area contributed by atoms with Gasteiger partial charge in [-0.25, -0.2) is 26.3 Å². The molecule has 0 amide bonds. The molecule has 2 aromatic rings. The molecule has 2 aromatic carbocycles. The first-order valence-corrected chi connectivity index (χ1v) is 9.40. The molecule has 0 radical (unpaired) electrons. The summed E-state index contributed by atoms with van der Waals surface area (Å²) in [6, 6.07) is 2.26. The Kier molecular flexibility index (Phi) is 11.1. The van der Waals surface area contributed by atoms with Crippen LogP contribution in [0.1, 0.15) is 30.4 Å². The summed E-state index contributed by atoms with van der Waals surface area (Å²) in [5.41, 5.74) is -0.236. The smallest absolute Gasteiger partial charge is 0.313 e. The number of hydrogen-bond acceptors (Lipinski definition) is 5. The van der Waals surface area contributed by atoms with Gasteiger partial charge in [0.2, 0.25) is 0 Å². The molecule has 0 saturated heterocycles. The fraction of sp³-hybridized carbons (Fsp3) is 0.318. The number of hydrogen-bond donors (Lipinski definition) is 0. The highest BCUT2D eigenvalue weighted by atomic mass is 19.2. The third-order valence-corrected chi connectivity index (χ3v) is 4.19. The average molecular weight is 478 g/mol. The van der Waals surface area contributed by atoms with Crippen molar-refractivity contribution in [1.29, 1.82) is 0 Å². The van der Waals surface area contributed by atoms with Crippen molar-refractivity contribution in [3.63, 3.8) is 0 Å². The molecule has 33 heavy (non-hydrogen) atoms. The van der Waals surface area contributed by atoms with Crippen molar-refractivity contribution in [3.8, 4) is 0 Å². The molecular weight excluding hydrogens is 458 g/mol. The van der Waals surface area contributed by atoms with Crippen molar-refractivity contribution < 1.29 is 50.2 Å². The molecule has 0 unspecified atom stereocenters. The zero-order valence-corrected chi connectivity index (χ0v) is 17.7. The first-order valence-electron chi connectivity index (χ1n) is 9.40. The molecular formula is C22H20F6O5. The molecule has 180 valence electrons. The fourth-order valence-corrected chi connectivity index (χ4v) is 2.49. The van der Waals surface area contributed by atoms with Gasteiger partial charge in [0.25, 0.3) is 0 Å². The Morgan fingerprint density at radius 1 is 0.667 bits per heavy atom. The predicted octanol–water partition coefficient (Wildman–Crippen LogP) is 4.38. The van der Waals surface area contributed by atoms with Gasteiger partial charge in [0.05, 0.1) is 14.2 Å². The molecule has 5 nitrogen and oxygen atoms in total. The molecule has 0 fully saturated rings. The normalized spacial score (nSPS) is 10.2. The van der Waals surface area contributed by atoms with Crippen molar-refractivity contribution >= 4 is 17.7 Å². The molecule has 0 N–H and O–H groups in total. The minimum Gasteiger partial charge on any atom is -0.469 e. The number of halogens is 6. The van der Waals surface area contributed by atoms with Crippen LogP contribution >= 0.6 is 0 Å². The lowest BCUT2D eigenvalue weighted by Crippen LogP contribution is -2.12. The number of ether oxygens (including phenoxy) is 2. The summed E-state index contributed by atoms with van der Waals surface area (Å²) in [6.07, 6.45) is -0.408. The number of ketones is 1. The van der Waals surface area contributed by atoms with Gasteiger partial charge in [0, 0.05) is 25.0 Å². The van der Waals surface area contributed by atoms with E-state index in [2.05, 4.69) is 9.47 Å². The van der Waals surface area contributed by atoms with E-state index in [0.29, 0.717) is 24.6 Å². The van der Waals surface area contributed by atoms with Crippen molar-refractivity contribution in [2.75, 3.05) is 14.2 Å². The Balaban J connectivity index is 0.000000331. The third kappa shape index (κ3) is 9.34. The first kappa shape index (κ1) is 27.7. The van der Waals surface area contributed by atoms with Gasteiger partial charge >= 0.3 is 11.9 Å². The van der Waals surface area contributed by atoms with Gasteiger partial charge in [-0.2, -0.15) is 0 Å². The van der Waals surface area contributed by atoms with Crippen molar-refractivity contribution in [1.82, 2.24) is 0 Å². The van der Waals surface area contributed by atoms with Crippen LogP contribution in [0.3, 0.4) is 0 Å². The van der Waals surface area contributed by atoms with Crippen molar-refractivity contribution in [3.05, 3.63) is 70.3 Å². The van der Waals surface area contributed by atoms with Gasteiger partial charge in [-0.3, -0.25) is 14.4 Å². The number of benzene rings is 2. The monoisotopic (exact) mass is 478 g/mol. The molecule has 0 atom stereocenters. The van der Waals surface area contributed by atoms with Crippen LogP contribution < -0.4 is 0 Å². The highest BCUT2D eigenvalue weighted by Crippen LogP contribution is 2.16. The quantitative estimate of drug-likeness (QED) is 0.244. The topological polar surface area (TPSA) is 69.7 Å². The lowest BCUT2D eigenvalue weighted by Gasteiger charge is -2.03. The predicted molar refractivity (Wildman–Crippen MR) is 103 cm³/mol. The Labute approximate surface area is 185 Å². The summed E-state index contributed by atoms with van der Waals surface area (Å²) in [6.45, 7) is 0. The zero-order valence-electron chi connectivity index (χ0n) is 17.7. The molecule has 0 bridgehead atoms. The first-order chi connectivity index (χ1) is 15.5. The maximum absolute atomic E-state index is 13.1.